The minimum absolute atomic E-state index is 0.135. The number of carbonyl (C=O) groups excluding carboxylic acids is 2. The highest BCUT2D eigenvalue weighted by Crippen LogP contribution is 2.29. The number of hydrogen-bond donors (Lipinski definition) is 2. The molecular weight excluding hydrogens is 364 g/mol. The average Bonchev–Trinajstić information content (AvgIpc) is 2.67. The Morgan fingerprint density at radius 3 is 2.63 bits per heavy atom. The number of thioether (sulfide) groups is 1. The van der Waals surface area contributed by atoms with Crippen LogP contribution in [-0.2, 0) is 11.3 Å². The molecule has 0 spiro atoms. The van der Waals surface area contributed by atoms with Crippen molar-refractivity contribution in [2.75, 3.05) is 12.3 Å². The fourth-order valence-corrected chi connectivity index (χ4v) is 3.30. The molecule has 0 saturated carbocycles. The van der Waals surface area contributed by atoms with Crippen molar-refractivity contribution in [2.24, 2.45) is 0 Å². The molecule has 142 valence electrons. The summed E-state index contributed by atoms with van der Waals surface area (Å²) in [7, 11) is 0. The first-order valence-corrected chi connectivity index (χ1v) is 9.15. The van der Waals surface area contributed by atoms with Crippen LogP contribution in [0.4, 0.5) is 5.82 Å². The highest BCUT2D eigenvalue weighted by Gasteiger charge is 2.17. The van der Waals surface area contributed by atoms with Crippen LogP contribution in [0.1, 0.15) is 35.1 Å². The van der Waals surface area contributed by atoms with Crippen molar-refractivity contribution in [2.45, 2.75) is 26.8 Å². The number of amides is 1. The van der Waals surface area contributed by atoms with Crippen molar-refractivity contribution in [1.29, 1.82) is 0 Å². The van der Waals surface area contributed by atoms with Crippen LogP contribution in [0.25, 0.3) is 0 Å². The van der Waals surface area contributed by atoms with Gasteiger partial charge in [0.05, 0.1) is 6.54 Å². The largest absolute Gasteiger partial charge is 0.396 e. The van der Waals surface area contributed by atoms with Gasteiger partial charge in [-0.25, -0.2) is 9.97 Å². The molecule has 0 saturated heterocycles. The molecule has 0 radical (unpaired) electrons. The highest BCUT2D eigenvalue weighted by atomic mass is 32.2. The molecule has 2 aromatic rings. The smallest absolute Gasteiger partial charge is 0.223 e. The first kappa shape index (κ1) is 20.6. The van der Waals surface area contributed by atoms with E-state index >= 15 is 0 Å². The fourth-order valence-electron chi connectivity index (χ4n) is 2.37. The summed E-state index contributed by atoms with van der Waals surface area (Å²) >= 11 is 1.01. The number of nitrogen functional groups attached to an aromatic ring is 1. The van der Waals surface area contributed by atoms with E-state index in [2.05, 4.69) is 9.97 Å². The molecule has 1 amide bonds. The highest BCUT2D eigenvalue weighted by molar-refractivity contribution is 8.17. The monoisotopic (exact) mass is 386 g/mol. The van der Waals surface area contributed by atoms with Crippen LogP contribution in [0, 0.1) is 6.92 Å². The van der Waals surface area contributed by atoms with Gasteiger partial charge in [0.15, 0.2) is 0 Å². The summed E-state index contributed by atoms with van der Waals surface area (Å²) in [6.07, 6.45) is 2.51. The summed E-state index contributed by atoms with van der Waals surface area (Å²) in [5.41, 5.74) is 7.65. The molecule has 2 rings (SSSR count). The van der Waals surface area contributed by atoms with Crippen molar-refractivity contribution in [1.82, 2.24) is 14.9 Å². The van der Waals surface area contributed by atoms with E-state index in [9.17, 15) is 14.7 Å². The normalized spacial score (nSPS) is 11.7. The lowest BCUT2D eigenvalue weighted by Gasteiger charge is -2.22. The molecule has 0 aliphatic carbocycles. The van der Waals surface area contributed by atoms with Gasteiger partial charge < -0.3 is 15.7 Å². The van der Waals surface area contributed by atoms with Crippen molar-refractivity contribution in [3.63, 3.8) is 0 Å². The maximum Gasteiger partial charge on any atom is 0.223 e. The van der Waals surface area contributed by atoms with Crippen molar-refractivity contribution in [3.8, 4) is 0 Å². The third-order valence-electron chi connectivity index (χ3n) is 3.89. The minimum Gasteiger partial charge on any atom is -0.396 e. The fraction of sp³-hybridized carbons (Fsp3) is 0.263. The average molecular weight is 386 g/mol. The second kappa shape index (κ2) is 9.84. The van der Waals surface area contributed by atoms with Gasteiger partial charge in [-0.2, -0.15) is 0 Å². The number of anilines is 1. The number of aliphatic hydroxyl groups excluding tert-OH is 1. The zero-order valence-corrected chi connectivity index (χ0v) is 16.1. The number of aromatic nitrogens is 2. The van der Waals surface area contributed by atoms with Gasteiger partial charge >= 0.3 is 0 Å². The molecule has 1 aromatic carbocycles. The molecule has 0 atom stereocenters. The summed E-state index contributed by atoms with van der Waals surface area (Å²) in [4.78, 5) is 34.4. The Bertz CT molecular complexity index is 840. The van der Waals surface area contributed by atoms with Crippen molar-refractivity contribution >= 4 is 29.1 Å². The maximum atomic E-state index is 12.5. The van der Waals surface area contributed by atoms with Crippen LogP contribution in [-0.4, -0.2) is 38.1 Å². The topological polar surface area (TPSA) is 109 Å². The SMILES string of the molecule is C/C(=C(\CCO)SC(=O)c1ccccc1)N(C=O)Cc1cnc(C)nc1N. The Balaban J connectivity index is 2.26. The number of rotatable bonds is 8. The first-order chi connectivity index (χ1) is 13.0. The van der Waals surface area contributed by atoms with Crippen LogP contribution in [0.15, 0.2) is 47.1 Å². The molecule has 0 fully saturated rings. The second-order valence-corrected chi connectivity index (χ2v) is 6.87. The minimum atomic E-state index is -0.151. The van der Waals surface area contributed by atoms with E-state index in [4.69, 9.17) is 5.73 Å². The number of benzene rings is 1. The predicted octanol–water partition coefficient (Wildman–Crippen LogP) is 2.51. The molecule has 1 heterocycles. The van der Waals surface area contributed by atoms with Crippen LogP contribution >= 0.6 is 11.8 Å². The quantitative estimate of drug-likeness (QED) is 0.671. The van der Waals surface area contributed by atoms with Gasteiger partial charge in [0.25, 0.3) is 0 Å². The molecule has 0 bridgehead atoms. The predicted molar refractivity (Wildman–Crippen MR) is 106 cm³/mol. The number of hydrogen-bond acceptors (Lipinski definition) is 7. The lowest BCUT2D eigenvalue weighted by molar-refractivity contribution is -0.116. The molecule has 8 heteroatoms. The lowest BCUT2D eigenvalue weighted by Crippen LogP contribution is -2.22. The summed E-state index contributed by atoms with van der Waals surface area (Å²) in [6, 6.07) is 8.85. The molecule has 0 unspecified atom stereocenters. The second-order valence-electron chi connectivity index (χ2n) is 5.80. The Hall–Kier alpha value is -2.71. The van der Waals surface area contributed by atoms with E-state index in [1.54, 1.807) is 44.3 Å². The maximum absolute atomic E-state index is 12.5. The number of aliphatic hydroxyl groups is 1. The van der Waals surface area contributed by atoms with Gasteiger partial charge in [-0.15, -0.1) is 0 Å². The summed E-state index contributed by atoms with van der Waals surface area (Å²) in [5.74, 6) is 0.852. The molecule has 0 aliphatic rings. The molecule has 3 N–H and O–H groups in total. The standard InChI is InChI=1S/C19H22N4O3S/c1-13(23(12-25)11-16-10-21-14(2)22-18(16)20)17(8-9-24)27-19(26)15-6-4-3-5-7-15/h3-7,10,12,24H,8-9,11H2,1-2H3,(H2,20,21,22)/b17-13-. The van der Waals surface area contributed by atoms with Gasteiger partial charge in [-0.3, -0.25) is 9.59 Å². The van der Waals surface area contributed by atoms with E-state index < -0.39 is 0 Å². The van der Waals surface area contributed by atoms with Crippen LogP contribution in [0.2, 0.25) is 0 Å². The Labute approximate surface area is 162 Å². The molecular formula is C19H22N4O3S. The Kier molecular flexibility index (Phi) is 7.51. The summed E-state index contributed by atoms with van der Waals surface area (Å²) in [6.45, 7) is 3.50. The van der Waals surface area contributed by atoms with E-state index in [1.165, 1.54) is 4.90 Å². The van der Waals surface area contributed by atoms with Crippen LogP contribution < -0.4 is 5.73 Å². The van der Waals surface area contributed by atoms with Gasteiger partial charge in [0.2, 0.25) is 11.5 Å². The van der Waals surface area contributed by atoms with E-state index in [-0.39, 0.29) is 24.7 Å². The van der Waals surface area contributed by atoms with Crippen LogP contribution in [0.3, 0.4) is 0 Å². The van der Waals surface area contributed by atoms with Gasteiger partial charge in [-0.1, -0.05) is 30.3 Å². The van der Waals surface area contributed by atoms with E-state index in [1.807, 2.05) is 6.07 Å². The van der Waals surface area contributed by atoms with Gasteiger partial charge in [0.1, 0.15) is 11.6 Å². The Morgan fingerprint density at radius 2 is 2.04 bits per heavy atom. The number of aryl methyl sites for hydroxylation is 1. The van der Waals surface area contributed by atoms with E-state index in [0.29, 0.717) is 39.8 Å². The van der Waals surface area contributed by atoms with Crippen molar-refractivity contribution in [3.05, 3.63) is 64.1 Å². The number of carbonyl (C=O) groups is 2. The lowest BCUT2D eigenvalue weighted by atomic mass is 10.2. The summed E-state index contributed by atoms with van der Waals surface area (Å²) < 4.78 is 0. The van der Waals surface area contributed by atoms with E-state index in [0.717, 1.165) is 11.8 Å². The summed E-state index contributed by atoms with van der Waals surface area (Å²) in [5, 5.41) is 9.23. The van der Waals surface area contributed by atoms with Crippen molar-refractivity contribution < 1.29 is 14.7 Å². The molecule has 1 aromatic heterocycles. The Morgan fingerprint density at radius 1 is 1.33 bits per heavy atom. The first-order valence-electron chi connectivity index (χ1n) is 8.34. The van der Waals surface area contributed by atoms with Gasteiger partial charge in [0, 0.05) is 41.0 Å². The van der Waals surface area contributed by atoms with Gasteiger partial charge in [-0.05, 0) is 25.6 Å². The third kappa shape index (κ3) is 5.63. The van der Waals surface area contributed by atoms with Crippen LogP contribution in [0.5, 0.6) is 0 Å². The zero-order valence-electron chi connectivity index (χ0n) is 15.3. The zero-order chi connectivity index (χ0) is 19.8. The molecule has 0 aliphatic heterocycles. The number of allylic oxidation sites excluding steroid dienone is 1. The number of nitrogens with zero attached hydrogens (tertiary/aromatic N) is 3. The third-order valence-corrected chi connectivity index (χ3v) is 5.05. The molecule has 27 heavy (non-hydrogen) atoms. The number of nitrogens with two attached hydrogens (primary N) is 1. The molecule has 7 nitrogen and oxygen atoms in total.